The van der Waals surface area contributed by atoms with Crippen molar-refractivity contribution in [2.75, 3.05) is 0 Å². The molecule has 0 radical (unpaired) electrons. The summed E-state index contributed by atoms with van der Waals surface area (Å²) in [6, 6.07) is 15.8. The second-order valence-corrected chi connectivity index (χ2v) is 7.83. The lowest BCUT2D eigenvalue weighted by atomic mass is 10.1. The molecule has 2 aromatic heterocycles. The van der Waals surface area contributed by atoms with Gasteiger partial charge in [0, 0.05) is 12.6 Å². The van der Waals surface area contributed by atoms with Crippen LogP contribution in [0.3, 0.4) is 0 Å². The first-order valence-corrected chi connectivity index (χ1v) is 9.88. The smallest absolute Gasteiger partial charge is 0.320 e. The highest BCUT2D eigenvalue weighted by molar-refractivity contribution is 5.72. The Labute approximate surface area is 167 Å². The highest BCUT2D eigenvalue weighted by Gasteiger charge is 2.30. The molecule has 1 saturated carbocycles. The summed E-state index contributed by atoms with van der Waals surface area (Å²) in [5, 5.41) is 0. The van der Waals surface area contributed by atoms with E-state index in [1.54, 1.807) is 10.9 Å². The lowest BCUT2D eigenvalue weighted by molar-refractivity contribution is 0.639. The Morgan fingerprint density at radius 3 is 2.41 bits per heavy atom. The van der Waals surface area contributed by atoms with E-state index in [0.717, 1.165) is 35.2 Å². The van der Waals surface area contributed by atoms with Crippen LogP contribution in [-0.2, 0) is 6.54 Å². The SMILES string of the molecule is Cc1ccc(-n2c(=O)n(C3CC3)c(=O)c3c2ncn3Cc2ccccc2C)cc1. The monoisotopic (exact) mass is 386 g/mol. The van der Waals surface area contributed by atoms with Crippen LogP contribution in [0.25, 0.3) is 16.9 Å². The minimum atomic E-state index is -0.310. The Morgan fingerprint density at radius 2 is 1.72 bits per heavy atom. The average molecular weight is 386 g/mol. The van der Waals surface area contributed by atoms with Crippen molar-refractivity contribution in [2.24, 2.45) is 0 Å². The van der Waals surface area contributed by atoms with Gasteiger partial charge >= 0.3 is 5.69 Å². The standard InChI is InChI=1S/C23H22N4O2/c1-15-7-9-18(10-8-15)26-21-20(22(28)27(23(26)29)19-11-12-19)25(14-24-21)13-17-6-4-3-5-16(17)2/h3-10,14,19H,11-13H2,1-2H3. The molecule has 5 rings (SSSR count). The van der Waals surface area contributed by atoms with Crippen LogP contribution in [0.4, 0.5) is 0 Å². The molecule has 0 amide bonds. The number of hydrogen-bond donors (Lipinski definition) is 0. The number of imidazole rings is 1. The van der Waals surface area contributed by atoms with Crippen molar-refractivity contribution in [1.82, 2.24) is 18.7 Å². The quantitative estimate of drug-likeness (QED) is 0.540. The molecule has 0 spiro atoms. The largest absolute Gasteiger partial charge is 0.337 e. The average Bonchev–Trinajstić information content (AvgIpc) is 3.45. The lowest BCUT2D eigenvalue weighted by Crippen LogP contribution is -2.39. The van der Waals surface area contributed by atoms with Gasteiger partial charge in [-0.1, -0.05) is 42.0 Å². The molecule has 4 aromatic rings. The number of fused-ring (bicyclic) bond motifs is 1. The highest BCUT2D eigenvalue weighted by atomic mass is 16.2. The number of nitrogens with zero attached hydrogens (tertiary/aromatic N) is 4. The Morgan fingerprint density at radius 1 is 1.00 bits per heavy atom. The van der Waals surface area contributed by atoms with Gasteiger partial charge in [0.25, 0.3) is 5.56 Å². The molecular formula is C23H22N4O2. The summed E-state index contributed by atoms with van der Waals surface area (Å²) >= 11 is 0. The second-order valence-electron chi connectivity index (χ2n) is 7.83. The lowest BCUT2D eigenvalue weighted by Gasteiger charge is -2.13. The van der Waals surface area contributed by atoms with E-state index in [1.165, 1.54) is 4.57 Å². The van der Waals surface area contributed by atoms with Gasteiger partial charge in [-0.25, -0.2) is 14.3 Å². The van der Waals surface area contributed by atoms with E-state index in [4.69, 9.17) is 0 Å². The summed E-state index contributed by atoms with van der Waals surface area (Å²) in [4.78, 5) is 31.1. The van der Waals surface area contributed by atoms with Gasteiger partial charge in [-0.05, 0) is 49.9 Å². The fourth-order valence-electron chi connectivity index (χ4n) is 3.83. The predicted octanol–water partition coefficient (Wildman–Crippen LogP) is 3.35. The van der Waals surface area contributed by atoms with Gasteiger partial charge in [0.1, 0.15) is 0 Å². The third-order valence-electron chi connectivity index (χ3n) is 5.66. The van der Waals surface area contributed by atoms with Crippen molar-refractivity contribution in [2.45, 2.75) is 39.3 Å². The minimum Gasteiger partial charge on any atom is -0.320 e. The topological polar surface area (TPSA) is 61.8 Å². The van der Waals surface area contributed by atoms with Gasteiger partial charge in [0.05, 0.1) is 12.0 Å². The van der Waals surface area contributed by atoms with Gasteiger partial charge in [-0.2, -0.15) is 0 Å². The molecule has 29 heavy (non-hydrogen) atoms. The number of aryl methyl sites for hydroxylation is 2. The predicted molar refractivity (Wildman–Crippen MR) is 113 cm³/mol. The van der Waals surface area contributed by atoms with Crippen LogP contribution >= 0.6 is 0 Å². The number of aromatic nitrogens is 4. The van der Waals surface area contributed by atoms with Crippen LogP contribution in [0.2, 0.25) is 0 Å². The number of hydrogen-bond acceptors (Lipinski definition) is 3. The molecule has 0 unspecified atom stereocenters. The van der Waals surface area contributed by atoms with E-state index in [1.807, 2.05) is 47.9 Å². The first kappa shape index (κ1) is 17.7. The molecule has 6 nitrogen and oxygen atoms in total. The summed E-state index contributed by atoms with van der Waals surface area (Å²) in [5.74, 6) is 0. The molecule has 2 heterocycles. The van der Waals surface area contributed by atoms with Crippen LogP contribution in [0.1, 0.15) is 35.6 Å². The van der Waals surface area contributed by atoms with E-state index in [9.17, 15) is 9.59 Å². The fourth-order valence-corrected chi connectivity index (χ4v) is 3.83. The van der Waals surface area contributed by atoms with E-state index < -0.39 is 0 Å². The van der Waals surface area contributed by atoms with Crippen molar-refractivity contribution in [3.8, 4) is 5.69 Å². The van der Waals surface area contributed by atoms with Crippen LogP contribution in [-0.4, -0.2) is 18.7 Å². The maximum atomic E-state index is 13.3. The molecule has 1 fully saturated rings. The summed E-state index contributed by atoms with van der Waals surface area (Å²) in [5.41, 5.74) is 4.44. The Bertz CT molecular complexity index is 1340. The molecule has 0 bridgehead atoms. The molecule has 146 valence electrons. The maximum Gasteiger partial charge on any atom is 0.337 e. The molecular weight excluding hydrogens is 364 g/mol. The van der Waals surface area contributed by atoms with Crippen molar-refractivity contribution < 1.29 is 0 Å². The van der Waals surface area contributed by atoms with Crippen LogP contribution < -0.4 is 11.2 Å². The highest BCUT2D eigenvalue weighted by Crippen LogP contribution is 2.32. The van der Waals surface area contributed by atoms with Gasteiger partial charge in [0.2, 0.25) is 0 Å². The molecule has 0 N–H and O–H groups in total. The number of rotatable bonds is 4. The van der Waals surface area contributed by atoms with Crippen LogP contribution in [0.5, 0.6) is 0 Å². The van der Waals surface area contributed by atoms with E-state index in [2.05, 4.69) is 24.0 Å². The zero-order valence-electron chi connectivity index (χ0n) is 16.5. The van der Waals surface area contributed by atoms with E-state index in [0.29, 0.717) is 17.7 Å². The first-order valence-electron chi connectivity index (χ1n) is 9.88. The maximum absolute atomic E-state index is 13.3. The summed E-state index contributed by atoms with van der Waals surface area (Å²) in [6.45, 7) is 4.60. The van der Waals surface area contributed by atoms with E-state index in [-0.39, 0.29) is 17.3 Å². The second kappa shape index (κ2) is 6.58. The third-order valence-corrected chi connectivity index (χ3v) is 5.66. The van der Waals surface area contributed by atoms with Crippen LogP contribution in [0.15, 0.2) is 64.4 Å². The molecule has 0 saturated heterocycles. The molecule has 6 heteroatoms. The first-order chi connectivity index (χ1) is 14.0. The van der Waals surface area contributed by atoms with Crippen molar-refractivity contribution >= 4 is 11.2 Å². The Hall–Kier alpha value is -3.41. The number of benzene rings is 2. The van der Waals surface area contributed by atoms with Crippen molar-refractivity contribution in [1.29, 1.82) is 0 Å². The van der Waals surface area contributed by atoms with Crippen LogP contribution in [0, 0.1) is 13.8 Å². The zero-order valence-corrected chi connectivity index (χ0v) is 16.5. The zero-order chi connectivity index (χ0) is 20.1. The van der Waals surface area contributed by atoms with Crippen molar-refractivity contribution in [3.05, 3.63) is 92.4 Å². The molecule has 1 aliphatic rings. The molecule has 0 atom stereocenters. The summed E-state index contributed by atoms with van der Waals surface area (Å²) < 4.78 is 4.85. The summed E-state index contributed by atoms with van der Waals surface area (Å²) in [7, 11) is 0. The summed E-state index contributed by atoms with van der Waals surface area (Å²) in [6.07, 6.45) is 3.39. The minimum absolute atomic E-state index is 0.0158. The molecule has 2 aromatic carbocycles. The van der Waals surface area contributed by atoms with Gasteiger partial charge < -0.3 is 4.57 Å². The molecule has 1 aliphatic carbocycles. The Kier molecular flexibility index (Phi) is 4.01. The van der Waals surface area contributed by atoms with Gasteiger partial charge in [-0.15, -0.1) is 0 Å². The van der Waals surface area contributed by atoms with Gasteiger partial charge in [0.15, 0.2) is 11.2 Å². The van der Waals surface area contributed by atoms with Gasteiger partial charge in [-0.3, -0.25) is 9.36 Å². The third kappa shape index (κ3) is 2.92. The fraction of sp³-hybridized carbons (Fsp3) is 0.261. The van der Waals surface area contributed by atoms with Crippen molar-refractivity contribution in [3.63, 3.8) is 0 Å². The normalized spacial score (nSPS) is 13.9. The molecule has 0 aliphatic heterocycles. The Balaban J connectivity index is 1.78. The van der Waals surface area contributed by atoms with E-state index >= 15 is 0 Å².